The Hall–Kier alpha value is -1.02. The van der Waals surface area contributed by atoms with Crippen LogP contribution in [0.3, 0.4) is 0 Å². The molecule has 0 fully saturated rings. The van der Waals surface area contributed by atoms with Gasteiger partial charge in [-0.2, -0.15) is 0 Å². The van der Waals surface area contributed by atoms with Crippen molar-refractivity contribution in [1.82, 2.24) is 5.32 Å². The monoisotopic (exact) mass is 276 g/mol. The van der Waals surface area contributed by atoms with E-state index >= 15 is 0 Å². The summed E-state index contributed by atoms with van der Waals surface area (Å²) in [5.41, 5.74) is 4.18. The van der Waals surface area contributed by atoms with Crippen LogP contribution < -0.4 is 10.2 Å². The first kappa shape index (κ1) is 17.0. The maximum atomic E-state index is 3.53. The normalized spacial score (nSPS) is 11.1. The molecule has 0 aliphatic rings. The lowest BCUT2D eigenvalue weighted by Crippen LogP contribution is -2.24. The van der Waals surface area contributed by atoms with Crippen LogP contribution in [-0.4, -0.2) is 19.6 Å². The number of rotatable bonds is 9. The molecule has 1 aromatic rings. The summed E-state index contributed by atoms with van der Waals surface area (Å²) in [7, 11) is 0. The van der Waals surface area contributed by atoms with Crippen LogP contribution in [-0.2, 0) is 6.54 Å². The second-order valence-corrected chi connectivity index (χ2v) is 6.07. The summed E-state index contributed by atoms with van der Waals surface area (Å²) < 4.78 is 0. The van der Waals surface area contributed by atoms with Crippen molar-refractivity contribution in [3.05, 3.63) is 29.3 Å². The fraction of sp³-hybridized carbons (Fsp3) is 0.667. The van der Waals surface area contributed by atoms with Gasteiger partial charge in [0.25, 0.3) is 0 Å². The van der Waals surface area contributed by atoms with Gasteiger partial charge in [0.1, 0.15) is 0 Å². The Bertz CT molecular complexity index is 385. The minimum absolute atomic E-state index is 0.708. The van der Waals surface area contributed by atoms with Crippen molar-refractivity contribution in [2.24, 2.45) is 5.92 Å². The SMILES string of the molecule is CCCCN(CC)c1ccc(CNCC(C)C)c(C)c1. The number of nitrogens with zero attached hydrogens (tertiary/aromatic N) is 1. The largest absolute Gasteiger partial charge is 0.372 e. The van der Waals surface area contributed by atoms with Crippen LogP contribution in [0.1, 0.15) is 51.7 Å². The highest BCUT2D eigenvalue weighted by atomic mass is 15.1. The molecule has 0 saturated heterocycles. The van der Waals surface area contributed by atoms with Gasteiger partial charge in [-0.15, -0.1) is 0 Å². The van der Waals surface area contributed by atoms with Crippen LogP contribution in [0.4, 0.5) is 5.69 Å². The number of benzene rings is 1. The van der Waals surface area contributed by atoms with E-state index in [9.17, 15) is 0 Å². The minimum atomic E-state index is 0.708. The quantitative estimate of drug-likeness (QED) is 0.720. The number of hydrogen-bond donors (Lipinski definition) is 1. The Morgan fingerprint density at radius 1 is 1.20 bits per heavy atom. The first-order chi connectivity index (χ1) is 9.58. The average Bonchev–Trinajstić information content (AvgIpc) is 2.41. The van der Waals surface area contributed by atoms with E-state index in [2.05, 4.69) is 63.0 Å². The molecule has 1 rings (SSSR count). The van der Waals surface area contributed by atoms with Gasteiger partial charge in [0.05, 0.1) is 0 Å². The standard InChI is InChI=1S/C18H32N2/c1-6-8-11-20(7-2)18-10-9-17(16(5)12-18)14-19-13-15(3)4/h9-10,12,15,19H,6-8,11,13-14H2,1-5H3. The van der Waals surface area contributed by atoms with Crippen molar-refractivity contribution in [3.8, 4) is 0 Å². The second kappa shape index (κ2) is 9.02. The van der Waals surface area contributed by atoms with Gasteiger partial charge in [0, 0.05) is 25.3 Å². The second-order valence-electron chi connectivity index (χ2n) is 6.07. The van der Waals surface area contributed by atoms with Crippen molar-refractivity contribution in [2.45, 2.75) is 54.0 Å². The smallest absolute Gasteiger partial charge is 0.0368 e. The van der Waals surface area contributed by atoms with Crippen LogP contribution >= 0.6 is 0 Å². The summed E-state index contributed by atoms with van der Waals surface area (Å²) in [6.07, 6.45) is 2.53. The summed E-state index contributed by atoms with van der Waals surface area (Å²) in [5.74, 6) is 0.708. The van der Waals surface area contributed by atoms with E-state index in [0.717, 1.165) is 26.2 Å². The summed E-state index contributed by atoms with van der Waals surface area (Å²) in [4.78, 5) is 2.47. The molecular formula is C18H32N2. The topological polar surface area (TPSA) is 15.3 Å². The van der Waals surface area contributed by atoms with Crippen molar-refractivity contribution in [3.63, 3.8) is 0 Å². The molecule has 1 N–H and O–H groups in total. The Morgan fingerprint density at radius 2 is 1.95 bits per heavy atom. The summed E-state index contributed by atoms with van der Waals surface area (Å²) in [6.45, 7) is 15.5. The van der Waals surface area contributed by atoms with Crippen molar-refractivity contribution in [2.75, 3.05) is 24.5 Å². The molecule has 0 aliphatic carbocycles. The molecule has 0 atom stereocenters. The molecule has 1 aromatic carbocycles. The summed E-state index contributed by atoms with van der Waals surface area (Å²) in [6, 6.07) is 6.90. The van der Waals surface area contributed by atoms with E-state index < -0.39 is 0 Å². The van der Waals surface area contributed by atoms with Gasteiger partial charge in [0.2, 0.25) is 0 Å². The zero-order valence-electron chi connectivity index (χ0n) is 14.0. The van der Waals surface area contributed by atoms with Crippen molar-refractivity contribution < 1.29 is 0 Å². The first-order valence-electron chi connectivity index (χ1n) is 8.13. The van der Waals surface area contributed by atoms with Gasteiger partial charge >= 0.3 is 0 Å². The van der Waals surface area contributed by atoms with Gasteiger partial charge < -0.3 is 10.2 Å². The zero-order chi connectivity index (χ0) is 15.0. The lowest BCUT2D eigenvalue weighted by atomic mass is 10.1. The Kier molecular flexibility index (Phi) is 7.68. The van der Waals surface area contributed by atoms with Gasteiger partial charge in [-0.05, 0) is 56.0 Å². The molecule has 0 heterocycles. The first-order valence-corrected chi connectivity index (χ1v) is 8.13. The fourth-order valence-corrected chi connectivity index (χ4v) is 2.39. The number of hydrogen-bond acceptors (Lipinski definition) is 2. The number of unbranched alkanes of at least 4 members (excludes halogenated alkanes) is 1. The molecule has 0 spiro atoms. The molecule has 0 unspecified atom stereocenters. The van der Waals surface area contributed by atoms with E-state index in [4.69, 9.17) is 0 Å². The number of aryl methyl sites for hydroxylation is 1. The van der Waals surface area contributed by atoms with E-state index in [0.29, 0.717) is 5.92 Å². The Labute approximate surface area is 125 Å². The molecule has 0 saturated carbocycles. The van der Waals surface area contributed by atoms with Gasteiger partial charge in [-0.25, -0.2) is 0 Å². The van der Waals surface area contributed by atoms with Crippen LogP contribution in [0.25, 0.3) is 0 Å². The van der Waals surface area contributed by atoms with Gasteiger partial charge in [0.15, 0.2) is 0 Å². The van der Waals surface area contributed by atoms with E-state index in [1.54, 1.807) is 0 Å². The molecule has 20 heavy (non-hydrogen) atoms. The number of anilines is 1. The van der Waals surface area contributed by atoms with Crippen LogP contribution in [0.2, 0.25) is 0 Å². The van der Waals surface area contributed by atoms with E-state index in [-0.39, 0.29) is 0 Å². The van der Waals surface area contributed by atoms with Gasteiger partial charge in [-0.3, -0.25) is 0 Å². The van der Waals surface area contributed by atoms with E-state index in [1.807, 2.05) is 0 Å². The lowest BCUT2D eigenvalue weighted by Gasteiger charge is -2.24. The van der Waals surface area contributed by atoms with Crippen LogP contribution in [0, 0.1) is 12.8 Å². The Balaban J connectivity index is 2.65. The predicted octanol–water partition coefficient (Wildman–Crippen LogP) is 4.37. The third-order valence-corrected chi connectivity index (χ3v) is 3.72. The maximum Gasteiger partial charge on any atom is 0.0368 e. The molecule has 0 bridgehead atoms. The molecular weight excluding hydrogens is 244 g/mol. The third-order valence-electron chi connectivity index (χ3n) is 3.72. The highest BCUT2D eigenvalue weighted by Crippen LogP contribution is 2.19. The molecule has 2 heteroatoms. The van der Waals surface area contributed by atoms with Gasteiger partial charge in [-0.1, -0.05) is 33.3 Å². The Morgan fingerprint density at radius 3 is 2.50 bits per heavy atom. The third kappa shape index (κ3) is 5.54. The molecule has 114 valence electrons. The molecule has 2 nitrogen and oxygen atoms in total. The lowest BCUT2D eigenvalue weighted by molar-refractivity contribution is 0.551. The number of nitrogens with one attached hydrogen (secondary N) is 1. The van der Waals surface area contributed by atoms with E-state index in [1.165, 1.54) is 29.7 Å². The summed E-state index contributed by atoms with van der Waals surface area (Å²) >= 11 is 0. The average molecular weight is 276 g/mol. The predicted molar refractivity (Wildman–Crippen MR) is 90.5 cm³/mol. The fourth-order valence-electron chi connectivity index (χ4n) is 2.39. The maximum absolute atomic E-state index is 3.53. The molecule has 0 amide bonds. The van der Waals surface area contributed by atoms with Crippen LogP contribution in [0.5, 0.6) is 0 Å². The highest BCUT2D eigenvalue weighted by molar-refractivity contribution is 5.50. The van der Waals surface area contributed by atoms with Crippen LogP contribution in [0.15, 0.2) is 18.2 Å². The van der Waals surface area contributed by atoms with Crippen molar-refractivity contribution in [1.29, 1.82) is 0 Å². The highest BCUT2D eigenvalue weighted by Gasteiger charge is 2.06. The summed E-state index contributed by atoms with van der Waals surface area (Å²) in [5, 5.41) is 3.53. The minimum Gasteiger partial charge on any atom is -0.372 e. The molecule has 0 aromatic heterocycles. The van der Waals surface area contributed by atoms with Crippen molar-refractivity contribution >= 4 is 5.69 Å². The molecule has 0 radical (unpaired) electrons. The molecule has 0 aliphatic heterocycles. The zero-order valence-corrected chi connectivity index (χ0v) is 14.0.